The molecule has 3 aromatic rings. The maximum atomic E-state index is 14.2. The van der Waals surface area contributed by atoms with E-state index in [1.807, 2.05) is 11.4 Å². The molecule has 1 unspecified atom stereocenters. The molecule has 158 valence electrons. The van der Waals surface area contributed by atoms with Crippen molar-refractivity contribution in [3.63, 3.8) is 0 Å². The highest BCUT2D eigenvalue weighted by atomic mass is 32.1. The minimum atomic E-state index is -0.392. The molecule has 0 fully saturated rings. The number of nitro benzene ring substituents is 1. The average molecular weight is 428 g/mol. The zero-order valence-corrected chi connectivity index (χ0v) is 18.2. The van der Waals surface area contributed by atoms with Crippen LogP contribution >= 0.6 is 11.3 Å². The van der Waals surface area contributed by atoms with Crippen molar-refractivity contribution in [2.45, 2.75) is 46.1 Å². The third kappa shape index (κ3) is 5.21. The summed E-state index contributed by atoms with van der Waals surface area (Å²) in [4.78, 5) is 16.1. The lowest BCUT2D eigenvalue weighted by Gasteiger charge is -2.18. The number of nitro groups is 1. The fourth-order valence-corrected chi connectivity index (χ4v) is 4.42. The van der Waals surface area contributed by atoms with Crippen molar-refractivity contribution in [2.75, 3.05) is 0 Å². The fraction of sp³-hybridized carbons (Fsp3) is 0.348. The lowest BCUT2D eigenvalue weighted by Crippen LogP contribution is -2.20. The quantitative estimate of drug-likeness (QED) is 0.290. The van der Waals surface area contributed by atoms with Crippen LogP contribution in [0.1, 0.15) is 46.1 Å². The van der Waals surface area contributed by atoms with Gasteiger partial charge in [0, 0.05) is 29.1 Å². The smallest absolute Gasteiger partial charge is 0.270 e. The molecule has 0 aliphatic rings. The molecule has 5 nitrogen and oxygen atoms in total. The second kappa shape index (κ2) is 9.80. The normalized spacial score (nSPS) is 13.0. The lowest BCUT2D eigenvalue weighted by molar-refractivity contribution is -0.384. The summed E-state index contributed by atoms with van der Waals surface area (Å²) in [6, 6.07) is 13.2. The first-order chi connectivity index (χ1) is 14.4. The van der Waals surface area contributed by atoms with Gasteiger partial charge in [0.2, 0.25) is 0 Å². The summed E-state index contributed by atoms with van der Waals surface area (Å²) in [5.74, 6) is 0.255. The van der Waals surface area contributed by atoms with Crippen LogP contribution in [0, 0.1) is 21.8 Å². The van der Waals surface area contributed by atoms with Gasteiger partial charge in [-0.15, -0.1) is 11.3 Å². The van der Waals surface area contributed by atoms with Gasteiger partial charge in [0.05, 0.1) is 10.6 Å². The van der Waals surface area contributed by atoms with Crippen LogP contribution in [-0.4, -0.2) is 9.49 Å². The molecule has 1 atom stereocenters. The van der Waals surface area contributed by atoms with Gasteiger partial charge in [-0.1, -0.05) is 51.0 Å². The van der Waals surface area contributed by atoms with Crippen LogP contribution in [-0.2, 0) is 0 Å². The largest absolute Gasteiger partial charge is 0.314 e. The Morgan fingerprint density at radius 3 is 2.60 bits per heavy atom. The zero-order valence-electron chi connectivity index (χ0n) is 17.4. The molecule has 0 radical (unpaired) electrons. The zero-order chi connectivity index (χ0) is 21.7. The number of hydrogen-bond acceptors (Lipinski definition) is 4. The van der Waals surface area contributed by atoms with Crippen molar-refractivity contribution in [1.29, 1.82) is 0 Å². The van der Waals surface area contributed by atoms with Crippen LogP contribution in [0.15, 0.2) is 58.9 Å². The Hall–Kier alpha value is -2.80. The molecule has 0 amide bonds. The molecule has 3 rings (SSSR count). The van der Waals surface area contributed by atoms with Crippen LogP contribution in [0.25, 0.3) is 11.3 Å². The van der Waals surface area contributed by atoms with Gasteiger partial charge in [-0.05, 0) is 31.4 Å². The Bertz CT molecular complexity index is 1090. The van der Waals surface area contributed by atoms with E-state index in [4.69, 9.17) is 0 Å². The SMILES string of the molecule is CC(C)CCCC(C)n1c(-c2cccc([N+](=O)[O-])c2)csc1=Nc1ccccc1F. The topological polar surface area (TPSA) is 60.4 Å². The van der Waals surface area contributed by atoms with Gasteiger partial charge in [-0.2, -0.15) is 0 Å². The Labute approximate surface area is 179 Å². The first kappa shape index (κ1) is 21.9. The predicted octanol–water partition coefficient (Wildman–Crippen LogP) is 6.88. The van der Waals surface area contributed by atoms with Crippen molar-refractivity contribution >= 4 is 22.7 Å². The fourth-order valence-electron chi connectivity index (χ4n) is 3.41. The number of rotatable bonds is 8. The third-order valence-electron chi connectivity index (χ3n) is 5.01. The summed E-state index contributed by atoms with van der Waals surface area (Å²) in [6.45, 7) is 6.53. The van der Waals surface area contributed by atoms with Crippen molar-refractivity contribution in [1.82, 2.24) is 4.57 Å². The molecule has 2 aromatic carbocycles. The Morgan fingerprint density at radius 2 is 1.90 bits per heavy atom. The van der Waals surface area contributed by atoms with Crippen LogP contribution in [0.2, 0.25) is 0 Å². The second-order valence-electron chi connectivity index (χ2n) is 7.82. The molecule has 0 spiro atoms. The monoisotopic (exact) mass is 427 g/mol. The number of aromatic nitrogens is 1. The summed E-state index contributed by atoms with van der Waals surface area (Å²) in [5, 5.41) is 13.2. The molecule has 1 heterocycles. The van der Waals surface area contributed by atoms with E-state index >= 15 is 0 Å². The van der Waals surface area contributed by atoms with E-state index in [9.17, 15) is 14.5 Å². The molecule has 0 N–H and O–H groups in total. The van der Waals surface area contributed by atoms with Crippen LogP contribution < -0.4 is 4.80 Å². The van der Waals surface area contributed by atoms with Gasteiger partial charge in [0.1, 0.15) is 11.5 Å². The van der Waals surface area contributed by atoms with Crippen molar-refractivity contribution in [3.8, 4) is 11.3 Å². The number of benzene rings is 2. The first-order valence-electron chi connectivity index (χ1n) is 10.1. The van der Waals surface area contributed by atoms with Crippen molar-refractivity contribution in [2.24, 2.45) is 10.9 Å². The van der Waals surface area contributed by atoms with E-state index in [1.54, 1.807) is 30.3 Å². The average Bonchev–Trinajstić information content (AvgIpc) is 3.13. The standard InChI is InChI=1S/C23H26FN3O2S/c1-16(2)8-6-9-17(3)26-22(18-10-7-11-19(14-18)27(28)29)15-30-23(26)25-21-13-5-4-12-20(21)24/h4-5,7,10-17H,6,8-9H2,1-3H3. The summed E-state index contributed by atoms with van der Waals surface area (Å²) in [7, 11) is 0. The van der Waals surface area contributed by atoms with E-state index in [2.05, 4.69) is 30.3 Å². The third-order valence-corrected chi connectivity index (χ3v) is 5.85. The van der Waals surface area contributed by atoms with Gasteiger partial charge in [0.15, 0.2) is 4.80 Å². The number of hydrogen-bond donors (Lipinski definition) is 0. The molecule has 7 heteroatoms. The Morgan fingerprint density at radius 1 is 1.13 bits per heavy atom. The van der Waals surface area contributed by atoms with Gasteiger partial charge >= 0.3 is 0 Å². The second-order valence-corrected chi connectivity index (χ2v) is 8.65. The molecule has 0 bridgehead atoms. The Balaban J connectivity index is 2.09. The van der Waals surface area contributed by atoms with Crippen LogP contribution in [0.5, 0.6) is 0 Å². The highest BCUT2D eigenvalue weighted by Gasteiger charge is 2.17. The summed E-state index contributed by atoms with van der Waals surface area (Å²) in [5.41, 5.74) is 1.94. The molecule has 30 heavy (non-hydrogen) atoms. The Kier molecular flexibility index (Phi) is 7.15. The lowest BCUT2D eigenvalue weighted by atomic mass is 10.0. The van der Waals surface area contributed by atoms with Gasteiger partial charge in [-0.3, -0.25) is 10.1 Å². The molecule has 0 saturated heterocycles. The predicted molar refractivity (Wildman–Crippen MR) is 119 cm³/mol. The van der Waals surface area contributed by atoms with E-state index in [1.165, 1.54) is 23.5 Å². The van der Waals surface area contributed by atoms with E-state index in [-0.39, 0.29) is 23.2 Å². The first-order valence-corrected chi connectivity index (χ1v) is 11.0. The summed E-state index contributed by atoms with van der Waals surface area (Å²) >= 11 is 1.42. The number of thiazole rings is 1. The number of nitrogens with zero attached hydrogens (tertiary/aromatic N) is 3. The maximum Gasteiger partial charge on any atom is 0.270 e. The number of non-ortho nitro benzene ring substituents is 1. The molecule has 0 saturated carbocycles. The van der Waals surface area contributed by atoms with Crippen molar-refractivity contribution in [3.05, 3.63) is 74.6 Å². The highest BCUT2D eigenvalue weighted by Crippen LogP contribution is 2.29. The van der Waals surface area contributed by atoms with E-state index in [0.717, 1.165) is 30.5 Å². The van der Waals surface area contributed by atoms with Gasteiger partial charge in [-0.25, -0.2) is 9.38 Å². The number of para-hydroxylation sites is 1. The molecular weight excluding hydrogens is 401 g/mol. The van der Waals surface area contributed by atoms with E-state index in [0.29, 0.717) is 10.7 Å². The van der Waals surface area contributed by atoms with E-state index < -0.39 is 4.92 Å². The maximum absolute atomic E-state index is 14.2. The van der Waals surface area contributed by atoms with Crippen LogP contribution in [0.4, 0.5) is 15.8 Å². The van der Waals surface area contributed by atoms with Crippen LogP contribution in [0.3, 0.4) is 0 Å². The highest BCUT2D eigenvalue weighted by molar-refractivity contribution is 7.07. The minimum Gasteiger partial charge on any atom is -0.314 e. The molecule has 0 aliphatic heterocycles. The number of halogens is 1. The minimum absolute atomic E-state index is 0.0466. The van der Waals surface area contributed by atoms with Gasteiger partial charge in [0.25, 0.3) is 5.69 Å². The molecule has 0 aliphatic carbocycles. The van der Waals surface area contributed by atoms with Crippen molar-refractivity contribution < 1.29 is 9.31 Å². The van der Waals surface area contributed by atoms with Gasteiger partial charge < -0.3 is 4.57 Å². The molecular formula is C23H26FN3O2S. The summed E-state index contributed by atoms with van der Waals surface area (Å²) < 4.78 is 16.3. The summed E-state index contributed by atoms with van der Waals surface area (Å²) in [6.07, 6.45) is 3.14. The molecule has 1 aromatic heterocycles.